The van der Waals surface area contributed by atoms with E-state index in [1.165, 1.54) is 6.92 Å². The fourth-order valence-electron chi connectivity index (χ4n) is 3.77. The lowest BCUT2D eigenvalue weighted by molar-refractivity contribution is -0.148. The van der Waals surface area contributed by atoms with Gasteiger partial charge >= 0.3 is 6.03 Å². The van der Waals surface area contributed by atoms with Gasteiger partial charge in [-0.3, -0.25) is 9.59 Å². The number of likely N-dealkylation sites (tertiary alicyclic amines) is 2. The maximum atomic E-state index is 12.5. The first-order valence-corrected chi connectivity index (χ1v) is 8.01. The normalized spacial score (nSPS) is 28.5. The van der Waals surface area contributed by atoms with Gasteiger partial charge in [0.25, 0.3) is 0 Å². The van der Waals surface area contributed by atoms with E-state index < -0.39 is 0 Å². The molecule has 3 saturated heterocycles. The van der Waals surface area contributed by atoms with Crippen LogP contribution >= 0.6 is 0 Å². The molecule has 7 heteroatoms. The van der Waals surface area contributed by atoms with Crippen LogP contribution in [0.3, 0.4) is 0 Å². The first-order valence-electron chi connectivity index (χ1n) is 8.01. The summed E-state index contributed by atoms with van der Waals surface area (Å²) in [5.41, 5.74) is 0. The number of piperidine rings is 1. The van der Waals surface area contributed by atoms with Gasteiger partial charge in [-0.25, -0.2) is 4.79 Å². The predicted octanol–water partition coefficient (Wildman–Crippen LogP) is -0.132. The molecule has 0 aromatic heterocycles. The molecule has 2 atom stereocenters. The Morgan fingerprint density at radius 3 is 2.45 bits per heavy atom. The van der Waals surface area contributed by atoms with Crippen molar-refractivity contribution in [3.63, 3.8) is 0 Å². The molecule has 3 aliphatic heterocycles. The minimum absolute atomic E-state index is 0.0225. The van der Waals surface area contributed by atoms with Crippen LogP contribution in [0.5, 0.6) is 0 Å². The number of amides is 4. The third kappa shape index (κ3) is 2.42. The minimum atomic E-state index is -0.0706. The molecule has 3 rings (SSSR count). The molecule has 3 fully saturated rings. The van der Waals surface area contributed by atoms with Crippen LogP contribution in [0.1, 0.15) is 27.2 Å². The van der Waals surface area contributed by atoms with Gasteiger partial charge in [0, 0.05) is 39.1 Å². The highest BCUT2D eigenvalue weighted by Gasteiger charge is 2.46. The van der Waals surface area contributed by atoms with Crippen LogP contribution in [-0.2, 0) is 9.59 Å². The third-order valence-electron chi connectivity index (χ3n) is 5.02. The number of carbonyl (C=O) groups excluding carboxylic acids is 3. The summed E-state index contributed by atoms with van der Waals surface area (Å²) >= 11 is 0. The average Bonchev–Trinajstić information content (AvgIpc) is 2.70. The fraction of sp³-hybridized carbons (Fsp3) is 0.800. The van der Waals surface area contributed by atoms with E-state index in [9.17, 15) is 14.4 Å². The van der Waals surface area contributed by atoms with Gasteiger partial charge < -0.3 is 20.0 Å². The zero-order valence-electron chi connectivity index (χ0n) is 13.4. The standard InChI is InChI=1S/C15H24N4O3/c1-9(2)19-13-4-5-17(8-12(13)16-15(19)22)14(21)11-6-18(7-11)10(3)20/h9,11-13H,4-8H2,1-3H3,(H,16,22)/t12-,13+/m1/s1. The van der Waals surface area contributed by atoms with Crippen LogP contribution in [0.15, 0.2) is 0 Å². The Bertz CT molecular complexity index is 501. The second-order valence-corrected chi connectivity index (χ2v) is 6.82. The van der Waals surface area contributed by atoms with Crippen molar-refractivity contribution in [2.24, 2.45) is 5.92 Å². The van der Waals surface area contributed by atoms with Gasteiger partial charge in [-0.15, -0.1) is 0 Å². The van der Waals surface area contributed by atoms with Gasteiger partial charge in [-0.2, -0.15) is 0 Å². The number of rotatable bonds is 2. The van der Waals surface area contributed by atoms with Crippen molar-refractivity contribution in [2.45, 2.75) is 45.3 Å². The number of nitrogens with one attached hydrogen (secondary N) is 1. The molecule has 0 saturated carbocycles. The van der Waals surface area contributed by atoms with Crippen LogP contribution in [-0.4, -0.2) is 76.8 Å². The maximum absolute atomic E-state index is 12.5. The first kappa shape index (κ1) is 15.1. The molecule has 22 heavy (non-hydrogen) atoms. The molecule has 7 nitrogen and oxygen atoms in total. The molecule has 0 spiro atoms. The van der Waals surface area contributed by atoms with Crippen LogP contribution in [0, 0.1) is 5.92 Å². The van der Waals surface area contributed by atoms with Gasteiger partial charge in [0.1, 0.15) is 0 Å². The van der Waals surface area contributed by atoms with Gasteiger partial charge in [-0.1, -0.05) is 0 Å². The van der Waals surface area contributed by atoms with Crippen LogP contribution < -0.4 is 5.32 Å². The zero-order chi connectivity index (χ0) is 16.0. The Morgan fingerprint density at radius 1 is 1.18 bits per heavy atom. The van der Waals surface area contributed by atoms with E-state index in [1.54, 1.807) is 4.90 Å². The van der Waals surface area contributed by atoms with Crippen LogP contribution in [0.25, 0.3) is 0 Å². The average molecular weight is 308 g/mol. The molecule has 0 radical (unpaired) electrons. The smallest absolute Gasteiger partial charge is 0.318 e. The molecule has 0 aromatic rings. The van der Waals surface area contributed by atoms with Gasteiger partial charge in [0.2, 0.25) is 11.8 Å². The lowest BCUT2D eigenvalue weighted by Gasteiger charge is -2.43. The van der Waals surface area contributed by atoms with E-state index in [-0.39, 0.29) is 41.9 Å². The van der Waals surface area contributed by atoms with Crippen molar-refractivity contribution in [1.82, 2.24) is 20.0 Å². The number of carbonyl (C=O) groups is 3. The van der Waals surface area contributed by atoms with E-state index in [1.807, 2.05) is 23.6 Å². The number of fused-ring (bicyclic) bond motifs is 1. The van der Waals surface area contributed by atoms with Crippen molar-refractivity contribution in [2.75, 3.05) is 26.2 Å². The van der Waals surface area contributed by atoms with E-state index >= 15 is 0 Å². The Morgan fingerprint density at radius 2 is 1.86 bits per heavy atom. The molecule has 0 bridgehead atoms. The quantitative estimate of drug-likeness (QED) is 0.772. The monoisotopic (exact) mass is 308 g/mol. The number of hydrogen-bond donors (Lipinski definition) is 1. The molecule has 1 N–H and O–H groups in total. The summed E-state index contributed by atoms with van der Waals surface area (Å²) in [4.78, 5) is 41.2. The summed E-state index contributed by atoms with van der Waals surface area (Å²) in [5.74, 6) is 0.0744. The van der Waals surface area contributed by atoms with E-state index in [0.29, 0.717) is 26.2 Å². The highest BCUT2D eigenvalue weighted by atomic mass is 16.2. The molecule has 0 unspecified atom stereocenters. The second-order valence-electron chi connectivity index (χ2n) is 6.82. The molecule has 0 aromatic carbocycles. The number of hydrogen-bond acceptors (Lipinski definition) is 3. The van der Waals surface area contributed by atoms with Gasteiger partial charge in [0.15, 0.2) is 0 Å². The molecule has 3 aliphatic rings. The lowest BCUT2D eigenvalue weighted by atomic mass is 9.94. The summed E-state index contributed by atoms with van der Waals surface area (Å²) in [6.45, 7) is 7.89. The van der Waals surface area contributed by atoms with Crippen molar-refractivity contribution < 1.29 is 14.4 Å². The highest BCUT2D eigenvalue weighted by molar-refractivity contribution is 5.84. The molecule has 3 heterocycles. The summed E-state index contributed by atoms with van der Waals surface area (Å²) < 4.78 is 0. The Kier molecular flexibility index (Phi) is 3.74. The van der Waals surface area contributed by atoms with Gasteiger partial charge in [-0.05, 0) is 20.3 Å². The lowest BCUT2D eigenvalue weighted by Crippen LogP contribution is -2.60. The molecular weight excluding hydrogens is 284 g/mol. The predicted molar refractivity (Wildman–Crippen MR) is 80.0 cm³/mol. The van der Waals surface area contributed by atoms with Crippen molar-refractivity contribution in [3.05, 3.63) is 0 Å². The van der Waals surface area contributed by atoms with E-state index in [0.717, 1.165) is 6.42 Å². The third-order valence-corrected chi connectivity index (χ3v) is 5.02. The van der Waals surface area contributed by atoms with E-state index in [2.05, 4.69) is 5.32 Å². The van der Waals surface area contributed by atoms with Crippen molar-refractivity contribution >= 4 is 17.8 Å². The Hall–Kier alpha value is -1.79. The second kappa shape index (κ2) is 5.44. The minimum Gasteiger partial charge on any atom is -0.341 e. The molecule has 0 aliphatic carbocycles. The van der Waals surface area contributed by atoms with Gasteiger partial charge in [0.05, 0.1) is 18.0 Å². The van der Waals surface area contributed by atoms with E-state index in [4.69, 9.17) is 0 Å². The Labute approximate surface area is 130 Å². The van der Waals surface area contributed by atoms with Crippen molar-refractivity contribution in [1.29, 1.82) is 0 Å². The topological polar surface area (TPSA) is 73.0 Å². The molecule has 4 amide bonds. The first-order chi connectivity index (χ1) is 10.4. The number of nitrogens with zero attached hydrogens (tertiary/aromatic N) is 3. The van der Waals surface area contributed by atoms with Crippen LogP contribution in [0.2, 0.25) is 0 Å². The Balaban J connectivity index is 1.58. The summed E-state index contributed by atoms with van der Waals surface area (Å²) in [6, 6.07) is 0.363. The van der Waals surface area contributed by atoms with Crippen molar-refractivity contribution in [3.8, 4) is 0 Å². The van der Waals surface area contributed by atoms with Crippen LogP contribution in [0.4, 0.5) is 4.79 Å². The number of urea groups is 1. The SMILES string of the molecule is CC(=O)N1CC(C(=O)N2CC[C@H]3[C@@H](C2)NC(=O)N3C(C)C)C1. The highest BCUT2D eigenvalue weighted by Crippen LogP contribution is 2.27. The molecule has 122 valence electrons. The zero-order valence-corrected chi connectivity index (χ0v) is 13.4. The summed E-state index contributed by atoms with van der Waals surface area (Å²) in [5, 5.41) is 3.00. The maximum Gasteiger partial charge on any atom is 0.318 e. The summed E-state index contributed by atoms with van der Waals surface area (Å²) in [6.07, 6.45) is 0.816. The molecular formula is C15H24N4O3. The largest absolute Gasteiger partial charge is 0.341 e. The fourth-order valence-corrected chi connectivity index (χ4v) is 3.77. The summed E-state index contributed by atoms with van der Waals surface area (Å²) in [7, 11) is 0.